The number of hydrogen-bond acceptors (Lipinski definition) is 6. The van der Waals surface area contributed by atoms with Gasteiger partial charge in [0.05, 0.1) is 38.4 Å². The number of anilines is 1. The Morgan fingerprint density at radius 1 is 1.33 bits per heavy atom. The first kappa shape index (κ1) is 17.1. The van der Waals surface area contributed by atoms with E-state index in [1.165, 1.54) is 4.57 Å². The van der Waals surface area contributed by atoms with E-state index in [1.54, 1.807) is 44.0 Å². The smallest absolute Gasteiger partial charge is 0.328 e. The molecule has 4 aromatic rings. The van der Waals surface area contributed by atoms with Crippen molar-refractivity contribution in [3.8, 4) is 5.75 Å². The minimum atomic E-state index is -0.286. The third-order valence-corrected chi connectivity index (χ3v) is 4.30. The van der Waals surface area contributed by atoms with Crippen molar-refractivity contribution in [2.75, 3.05) is 12.4 Å². The van der Waals surface area contributed by atoms with Crippen LogP contribution in [0.15, 0.2) is 41.7 Å². The first-order valence-corrected chi connectivity index (χ1v) is 8.51. The summed E-state index contributed by atoms with van der Waals surface area (Å²) in [4.78, 5) is 30.9. The zero-order chi connectivity index (χ0) is 18.8. The standard InChI is InChI=1S/C17H16ClN7O2/c1-27-14-3-2-11(18)4-10(14)8-25-15-13(23-17(25)26)7-21-16(24-15)20-6-12-5-19-9-22-12/h2-5,7,9H,6,8H2,1H3,(H,19,22)(H,23,26)(H,20,21,24). The molecule has 27 heavy (non-hydrogen) atoms. The fourth-order valence-electron chi connectivity index (χ4n) is 2.78. The van der Waals surface area contributed by atoms with Crippen molar-refractivity contribution >= 4 is 28.7 Å². The molecule has 0 radical (unpaired) electrons. The van der Waals surface area contributed by atoms with E-state index in [4.69, 9.17) is 16.3 Å². The average Bonchev–Trinajstić information content (AvgIpc) is 3.28. The van der Waals surface area contributed by atoms with Gasteiger partial charge in [0.1, 0.15) is 11.3 Å². The molecule has 0 fully saturated rings. The number of aromatic amines is 2. The summed E-state index contributed by atoms with van der Waals surface area (Å²) in [5.41, 5.74) is 2.35. The molecule has 0 aliphatic heterocycles. The van der Waals surface area contributed by atoms with E-state index in [2.05, 4.69) is 30.2 Å². The number of hydrogen-bond donors (Lipinski definition) is 3. The van der Waals surface area contributed by atoms with E-state index in [9.17, 15) is 4.79 Å². The molecule has 0 aliphatic carbocycles. The van der Waals surface area contributed by atoms with E-state index in [-0.39, 0.29) is 12.2 Å². The molecule has 138 valence electrons. The van der Waals surface area contributed by atoms with Gasteiger partial charge in [-0.15, -0.1) is 0 Å². The highest BCUT2D eigenvalue weighted by Gasteiger charge is 2.13. The van der Waals surface area contributed by atoms with Gasteiger partial charge in [-0.05, 0) is 18.2 Å². The first-order chi connectivity index (χ1) is 13.1. The van der Waals surface area contributed by atoms with E-state index >= 15 is 0 Å². The van der Waals surface area contributed by atoms with Gasteiger partial charge in [-0.1, -0.05) is 11.6 Å². The van der Waals surface area contributed by atoms with Gasteiger partial charge in [0.15, 0.2) is 5.65 Å². The minimum Gasteiger partial charge on any atom is -0.496 e. The van der Waals surface area contributed by atoms with Gasteiger partial charge in [0.25, 0.3) is 0 Å². The van der Waals surface area contributed by atoms with Crippen LogP contribution >= 0.6 is 11.6 Å². The lowest BCUT2D eigenvalue weighted by Gasteiger charge is -2.10. The monoisotopic (exact) mass is 385 g/mol. The molecular formula is C17H16ClN7O2. The maximum Gasteiger partial charge on any atom is 0.328 e. The molecule has 0 atom stereocenters. The summed E-state index contributed by atoms with van der Waals surface area (Å²) in [5.74, 6) is 1.04. The van der Waals surface area contributed by atoms with Crippen LogP contribution in [0.2, 0.25) is 5.02 Å². The van der Waals surface area contributed by atoms with Crippen molar-refractivity contribution in [3.63, 3.8) is 0 Å². The Labute approximate surface area is 158 Å². The summed E-state index contributed by atoms with van der Waals surface area (Å²) in [5, 5.41) is 3.66. The third kappa shape index (κ3) is 3.49. The molecule has 0 saturated carbocycles. The van der Waals surface area contributed by atoms with Crippen LogP contribution in [0.5, 0.6) is 5.75 Å². The molecule has 4 rings (SSSR count). The minimum absolute atomic E-state index is 0.262. The Morgan fingerprint density at radius 3 is 3.00 bits per heavy atom. The molecule has 3 N–H and O–H groups in total. The number of fused-ring (bicyclic) bond motifs is 1. The van der Waals surface area contributed by atoms with Gasteiger partial charge in [0.2, 0.25) is 5.95 Å². The Bertz CT molecular complexity index is 1130. The summed E-state index contributed by atoms with van der Waals surface area (Å²) >= 11 is 6.09. The Balaban J connectivity index is 1.68. The Morgan fingerprint density at radius 2 is 2.22 bits per heavy atom. The molecule has 0 aliphatic rings. The van der Waals surface area contributed by atoms with Gasteiger partial charge in [-0.3, -0.25) is 4.57 Å². The number of aromatic nitrogens is 6. The lowest BCUT2D eigenvalue weighted by atomic mass is 10.2. The van der Waals surface area contributed by atoms with Crippen molar-refractivity contribution in [3.05, 3.63) is 63.7 Å². The second-order valence-corrected chi connectivity index (χ2v) is 6.25. The van der Waals surface area contributed by atoms with Crippen LogP contribution in [-0.2, 0) is 13.1 Å². The molecule has 0 saturated heterocycles. The third-order valence-electron chi connectivity index (χ3n) is 4.06. The summed E-state index contributed by atoms with van der Waals surface area (Å²) in [6.07, 6.45) is 4.95. The number of nitrogens with zero attached hydrogens (tertiary/aromatic N) is 4. The maximum absolute atomic E-state index is 12.4. The van der Waals surface area contributed by atoms with Crippen molar-refractivity contribution in [2.24, 2.45) is 0 Å². The summed E-state index contributed by atoms with van der Waals surface area (Å²) in [7, 11) is 1.57. The second-order valence-electron chi connectivity index (χ2n) is 5.82. The highest BCUT2D eigenvalue weighted by molar-refractivity contribution is 6.30. The van der Waals surface area contributed by atoms with Crippen molar-refractivity contribution < 1.29 is 4.74 Å². The van der Waals surface area contributed by atoms with Crippen LogP contribution in [0.3, 0.4) is 0 Å². The van der Waals surface area contributed by atoms with Crippen LogP contribution in [0.4, 0.5) is 5.95 Å². The van der Waals surface area contributed by atoms with Gasteiger partial charge in [-0.2, -0.15) is 4.98 Å². The number of rotatable bonds is 6. The van der Waals surface area contributed by atoms with Gasteiger partial charge < -0.3 is 20.0 Å². The molecular weight excluding hydrogens is 370 g/mol. The molecule has 3 heterocycles. The van der Waals surface area contributed by atoms with E-state index < -0.39 is 0 Å². The van der Waals surface area contributed by atoms with E-state index in [0.29, 0.717) is 34.4 Å². The molecule has 0 amide bonds. The molecule has 10 heteroatoms. The largest absolute Gasteiger partial charge is 0.496 e. The quantitative estimate of drug-likeness (QED) is 0.468. The number of halogens is 1. The molecule has 0 bridgehead atoms. The van der Waals surface area contributed by atoms with Gasteiger partial charge in [-0.25, -0.2) is 14.8 Å². The number of ether oxygens (including phenoxy) is 1. The van der Waals surface area contributed by atoms with Crippen molar-refractivity contribution in [2.45, 2.75) is 13.1 Å². The highest BCUT2D eigenvalue weighted by atomic mass is 35.5. The first-order valence-electron chi connectivity index (χ1n) is 8.13. The maximum atomic E-state index is 12.4. The topological polar surface area (TPSA) is 114 Å². The van der Waals surface area contributed by atoms with E-state index in [1.807, 2.05) is 0 Å². The Kier molecular flexibility index (Phi) is 4.51. The number of benzene rings is 1. The summed E-state index contributed by atoms with van der Waals surface area (Å²) in [6.45, 7) is 0.726. The fraction of sp³-hybridized carbons (Fsp3) is 0.176. The number of H-pyrrole nitrogens is 2. The predicted octanol–water partition coefficient (Wildman–Crippen LogP) is 2.17. The molecule has 0 spiro atoms. The molecule has 3 aromatic heterocycles. The number of nitrogens with one attached hydrogen (secondary N) is 3. The molecule has 9 nitrogen and oxygen atoms in total. The molecule has 0 unspecified atom stereocenters. The highest BCUT2D eigenvalue weighted by Crippen LogP contribution is 2.24. The van der Waals surface area contributed by atoms with Crippen LogP contribution in [0, 0.1) is 0 Å². The zero-order valence-electron chi connectivity index (χ0n) is 14.4. The lowest BCUT2D eigenvalue weighted by molar-refractivity contribution is 0.408. The van der Waals surface area contributed by atoms with Crippen molar-refractivity contribution in [1.82, 2.24) is 29.5 Å². The summed E-state index contributed by atoms with van der Waals surface area (Å²) < 4.78 is 6.88. The summed E-state index contributed by atoms with van der Waals surface area (Å²) in [6, 6.07) is 5.27. The van der Waals surface area contributed by atoms with Gasteiger partial charge in [0, 0.05) is 16.8 Å². The second kappa shape index (κ2) is 7.12. The van der Waals surface area contributed by atoms with Crippen LogP contribution in [0.1, 0.15) is 11.3 Å². The zero-order valence-corrected chi connectivity index (χ0v) is 15.1. The number of methoxy groups -OCH3 is 1. The van der Waals surface area contributed by atoms with Gasteiger partial charge >= 0.3 is 5.69 Å². The molecule has 1 aromatic carbocycles. The predicted molar refractivity (Wildman–Crippen MR) is 101 cm³/mol. The Hall–Kier alpha value is -3.33. The fourth-order valence-corrected chi connectivity index (χ4v) is 2.97. The van der Waals surface area contributed by atoms with Crippen LogP contribution in [0.25, 0.3) is 11.2 Å². The van der Waals surface area contributed by atoms with Crippen LogP contribution < -0.4 is 15.7 Å². The number of imidazole rings is 2. The normalized spacial score (nSPS) is 11.0. The SMILES string of the molecule is COc1ccc(Cl)cc1Cn1c(=O)[nH]c2cnc(NCc3c[nH]cn3)nc21. The van der Waals surface area contributed by atoms with Crippen molar-refractivity contribution in [1.29, 1.82) is 0 Å². The average molecular weight is 386 g/mol. The van der Waals surface area contributed by atoms with E-state index in [0.717, 1.165) is 11.3 Å². The van der Waals surface area contributed by atoms with Crippen LogP contribution in [-0.4, -0.2) is 36.6 Å². The lowest BCUT2D eigenvalue weighted by Crippen LogP contribution is -2.18.